The monoisotopic (exact) mass is 426 g/mol. The van der Waals surface area contributed by atoms with Crippen LogP contribution in [0.25, 0.3) is 11.1 Å². The van der Waals surface area contributed by atoms with Crippen LogP contribution in [0.3, 0.4) is 0 Å². The predicted octanol–water partition coefficient (Wildman–Crippen LogP) is 3.90. The Balaban J connectivity index is 1.72. The Morgan fingerprint density at radius 3 is 2.83 bits per heavy atom. The van der Waals surface area contributed by atoms with Gasteiger partial charge in [-0.2, -0.15) is 0 Å². The number of primary amides is 1. The van der Waals surface area contributed by atoms with E-state index in [4.69, 9.17) is 15.2 Å². The highest BCUT2D eigenvalue weighted by atomic mass is 32.1. The van der Waals surface area contributed by atoms with Crippen molar-refractivity contribution in [3.63, 3.8) is 0 Å². The molecular formula is C22H19FN2O4S. The summed E-state index contributed by atoms with van der Waals surface area (Å²) in [6.45, 7) is -0.256. The van der Waals surface area contributed by atoms with Crippen molar-refractivity contribution in [1.82, 2.24) is 0 Å². The van der Waals surface area contributed by atoms with Crippen LogP contribution in [-0.2, 0) is 9.59 Å². The van der Waals surface area contributed by atoms with Crippen LogP contribution >= 0.6 is 11.3 Å². The van der Waals surface area contributed by atoms with Crippen molar-refractivity contribution < 1.29 is 23.5 Å². The molecule has 2 amide bonds. The Labute approximate surface area is 176 Å². The summed E-state index contributed by atoms with van der Waals surface area (Å²) in [7, 11) is 1.50. The molecule has 1 atom stereocenters. The van der Waals surface area contributed by atoms with E-state index in [1.54, 1.807) is 18.2 Å². The second-order valence-electron chi connectivity index (χ2n) is 6.87. The molecule has 1 aromatic heterocycles. The lowest BCUT2D eigenvalue weighted by Gasteiger charge is -2.24. The molecule has 1 unspecified atom stereocenters. The lowest BCUT2D eigenvalue weighted by atomic mass is 9.89. The van der Waals surface area contributed by atoms with Gasteiger partial charge in [0.15, 0.2) is 18.1 Å². The van der Waals surface area contributed by atoms with E-state index in [1.807, 2.05) is 17.5 Å². The number of rotatable bonds is 6. The van der Waals surface area contributed by atoms with E-state index in [0.717, 1.165) is 16.0 Å². The number of methoxy groups -OCH3 is 1. The Morgan fingerprint density at radius 1 is 1.27 bits per heavy atom. The second-order valence-corrected chi connectivity index (χ2v) is 7.78. The maximum atomic E-state index is 13.7. The first-order chi connectivity index (χ1) is 14.5. The summed E-state index contributed by atoms with van der Waals surface area (Å²) < 4.78 is 24.5. The fourth-order valence-corrected chi connectivity index (χ4v) is 4.69. The molecule has 0 spiro atoms. The second kappa shape index (κ2) is 8.16. The molecule has 3 aromatic rings. The summed E-state index contributed by atoms with van der Waals surface area (Å²) >= 11 is 1.52. The third-order valence-electron chi connectivity index (χ3n) is 4.89. The van der Waals surface area contributed by atoms with Crippen molar-refractivity contribution in [3.8, 4) is 22.6 Å². The molecule has 6 nitrogen and oxygen atoms in total. The standard InChI is InChI=1S/C22H19FN2O4S/c1-28-18-8-13(5-6-17(18)29-10-19(24)26)15-9-20(27)25-21-16(11-30-22(15)21)12-3-2-4-14(23)7-12/h2-8,11,15H,9-10H2,1H3,(H2,24,26)(H,25,27). The minimum Gasteiger partial charge on any atom is -0.493 e. The number of thiophene rings is 1. The number of nitrogens with two attached hydrogens (primary N) is 1. The van der Waals surface area contributed by atoms with Gasteiger partial charge in [0.2, 0.25) is 5.91 Å². The predicted molar refractivity (Wildman–Crippen MR) is 112 cm³/mol. The molecule has 154 valence electrons. The summed E-state index contributed by atoms with van der Waals surface area (Å²) in [5.74, 6) is -0.368. The molecule has 0 aliphatic carbocycles. The summed E-state index contributed by atoms with van der Waals surface area (Å²) in [5.41, 5.74) is 8.22. The minimum atomic E-state index is -0.585. The maximum absolute atomic E-state index is 13.7. The topological polar surface area (TPSA) is 90.7 Å². The van der Waals surface area contributed by atoms with Gasteiger partial charge in [-0.15, -0.1) is 11.3 Å². The average molecular weight is 426 g/mol. The summed E-state index contributed by atoms with van der Waals surface area (Å²) in [6.07, 6.45) is 0.279. The molecule has 1 aliphatic heterocycles. The molecule has 1 aliphatic rings. The van der Waals surface area contributed by atoms with Crippen LogP contribution in [0.5, 0.6) is 11.5 Å². The first-order valence-electron chi connectivity index (χ1n) is 9.22. The van der Waals surface area contributed by atoms with Gasteiger partial charge in [0, 0.05) is 28.2 Å². The van der Waals surface area contributed by atoms with Gasteiger partial charge in [-0.1, -0.05) is 18.2 Å². The van der Waals surface area contributed by atoms with E-state index in [-0.39, 0.29) is 30.7 Å². The Bertz CT molecular complexity index is 1130. The van der Waals surface area contributed by atoms with Crippen LogP contribution in [0.1, 0.15) is 22.8 Å². The number of amides is 2. The average Bonchev–Trinajstić information content (AvgIpc) is 3.15. The van der Waals surface area contributed by atoms with Crippen molar-refractivity contribution in [2.45, 2.75) is 12.3 Å². The highest BCUT2D eigenvalue weighted by Crippen LogP contribution is 2.47. The largest absolute Gasteiger partial charge is 0.493 e. The molecule has 0 fully saturated rings. The fourth-order valence-electron chi connectivity index (χ4n) is 3.53. The van der Waals surface area contributed by atoms with E-state index in [0.29, 0.717) is 22.7 Å². The number of hydrogen-bond acceptors (Lipinski definition) is 5. The number of nitrogens with one attached hydrogen (secondary N) is 1. The van der Waals surface area contributed by atoms with Crippen molar-refractivity contribution in [3.05, 3.63) is 64.1 Å². The molecule has 2 aromatic carbocycles. The van der Waals surface area contributed by atoms with E-state index in [1.165, 1.54) is 30.6 Å². The van der Waals surface area contributed by atoms with E-state index in [9.17, 15) is 14.0 Å². The smallest absolute Gasteiger partial charge is 0.255 e. The number of ether oxygens (including phenoxy) is 2. The van der Waals surface area contributed by atoms with Gasteiger partial charge in [0.1, 0.15) is 5.82 Å². The van der Waals surface area contributed by atoms with Crippen molar-refractivity contribution in [2.75, 3.05) is 19.0 Å². The fraction of sp³-hybridized carbons (Fsp3) is 0.182. The van der Waals surface area contributed by atoms with Crippen LogP contribution in [0.15, 0.2) is 47.8 Å². The zero-order chi connectivity index (χ0) is 21.3. The molecule has 0 saturated carbocycles. The Hall–Kier alpha value is -3.39. The molecule has 30 heavy (non-hydrogen) atoms. The lowest BCUT2D eigenvalue weighted by molar-refractivity contribution is -0.120. The number of halogens is 1. The summed E-state index contributed by atoms with van der Waals surface area (Å²) in [4.78, 5) is 24.4. The van der Waals surface area contributed by atoms with Gasteiger partial charge in [-0.3, -0.25) is 9.59 Å². The van der Waals surface area contributed by atoms with Gasteiger partial charge in [0.25, 0.3) is 5.91 Å². The molecule has 8 heteroatoms. The number of carbonyl (C=O) groups is 2. The lowest BCUT2D eigenvalue weighted by Crippen LogP contribution is -2.22. The van der Waals surface area contributed by atoms with Crippen LogP contribution < -0.4 is 20.5 Å². The van der Waals surface area contributed by atoms with Crippen molar-refractivity contribution >= 4 is 28.8 Å². The number of fused-ring (bicyclic) bond motifs is 1. The van der Waals surface area contributed by atoms with Gasteiger partial charge in [-0.25, -0.2) is 4.39 Å². The molecule has 0 bridgehead atoms. The number of hydrogen-bond donors (Lipinski definition) is 2. The van der Waals surface area contributed by atoms with E-state index in [2.05, 4.69) is 5.32 Å². The summed E-state index contributed by atoms with van der Waals surface area (Å²) in [6, 6.07) is 11.6. The first-order valence-corrected chi connectivity index (χ1v) is 10.1. The minimum absolute atomic E-state index is 0.114. The first kappa shape index (κ1) is 19.9. The van der Waals surface area contributed by atoms with E-state index < -0.39 is 5.91 Å². The molecular weight excluding hydrogens is 407 g/mol. The Kier molecular flexibility index (Phi) is 5.41. The van der Waals surface area contributed by atoms with Crippen LogP contribution in [0.2, 0.25) is 0 Å². The normalized spacial score (nSPS) is 15.3. The highest BCUT2D eigenvalue weighted by Gasteiger charge is 2.31. The molecule has 4 rings (SSSR count). The third kappa shape index (κ3) is 3.86. The van der Waals surface area contributed by atoms with Crippen LogP contribution in [0, 0.1) is 5.82 Å². The Morgan fingerprint density at radius 2 is 2.10 bits per heavy atom. The van der Waals surface area contributed by atoms with Gasteiger partial charge < -0.3 is 20.5 Å². The maximum Gasteiger partial charge on any atom is 0.255 e. The quantitative estimate of drug-likeness (QED) is 0.626. The third-order valence-corrected chi connectivity index (χ3v) is 5.98. The van der Waals surface area contributed by atoms with Gasteiger partial charge >= 0.3 is 0 Å². The van der Waals surface area contributed by atoms with Crippen molar-refractivity contribution in [2.24, 2.45) is 5.73 Å². The van der Waals surface area contributed by atoms with Gasteiger partial charge in [-0.05, 0) is 35.4 Å². The molecule has 2 heterocycles. The van der Waals surface area contributed by atoms with Crippen LogP contribution in [-0.4, -0.2) is 25.5 Å². The van der Waals surface area contributed by atoms with Crippen LogP contribution in [0.4, 0.5) is 10.1 Å². The van der Waals surface area contributed by atoms with E-state index >= 15 is 0 Å². The number of carbonyl (C=O) groups excluding carboxylic acids is 2. The van der Waals surface area contributed by atoms with Gasteiger partial charge in [0.05, 0.1) is 12.8 Å². The zero-order valence-electron chi connectivity index (χ0n) is 16.1. The SMILES string of the molecule is COc1cc(C2CC(=O)Nc3c(-c4cccc(F)c4)csc32)ccc1OCC(N)=O. The highest BCUT2D eigenvalue weighted by molar-refractivity contribution is 7.11. The zero-order valence-corrected chi connectivity index (χ0v) is 16.9. The van der Waals surface area contributed by atoms with Crippen molar-refractivity contribution in [1.29, 1.82) is 0 Å². The molecule has 3 N–H and O–H groups in total. The molecule has 0 saturated heterocycles. The number of benzene rings is 2. The number of anilines is 1. The summed E-state index contributed by atoms with van der Waals surface area (Å²) in [5, 5.41) is 4.87. The molecule has 0 radical (unpaired) electrons.